The van der Waals surface area contributed by atoms with E-state index in [1.807, 2.05) is 36.2 Å². The van der Waals surface area contributed by atoms with Crippen molar-refractivity contribution in [3.8, 4) is 0 Å². The second-order valence-corrected chi connectivity index (χ2v) is 7.17. The highest BCUT2D eigenvalue weighted by Gasteiger charge is 2.24. The normalized spacial score (nSPS) is 14.3. The Balaban J connectivity index is 1.35. The number of aromatic amines is 1. The predicted molar refractivity (Wildman–Crippen MR) is 112 cm³/mol. The first-order chi connectivity index (χ1) is 14.7. The molecular weight excluding hydrogens is 382 g/mol. The van der Waals surface area contributed by atoms with E-state index in [1.165, 1.54) is 0 Å². The van der Waals surface area contributed by atoms with E-state index in [9.17, 15) is 4.79 Å². The first-order valence-corrected chi connectivity index (χ1v) is 9.76. The third-order valence-corrected chi connectivity index (χ3v) is 5.11. The molecule has 4 aromatic rings. The van der Waals surface area contributed by atoms with E-state index < -0.39 is 0 Å². The fraction of sp³-hybridized carbons (Fsp3) is 0.250. The molecule has 4 aromatic heterocycles. The van der Waals surface area contributed by atoms with Gasteiger partial charge in [0.2, 0.25) is 5.95 Å². The number of pyridine rings is 1. The Morgan fingerprint density at radius 2 is 1.93 bits per heavy atom. The summed E-state index contributed by atoms with van der Waals surface area (Å²) in [6.45, 7) is 4.48. The topological polar surface area (TPSA) is 107 Å². The molecule has 0 aromatic carbocycles. The van der Waals surface area contributed by atoms with Crippen LogP contribution in [0.4, 0.5) is 17.6 Å². The summed E-state index contributed by atoms with van der Waals surface area (Å²) in [7, 11) is 0. The Hall–Kier alpha value is -3.95. The highest BCUT2D eigenvalue weighted by Crippen LogP contribution is 2.22. The molecule has 0 atom stereocenters. The summed E-state index contributed by atoms with van der Waals surface area (Å²) < 4.78 is 1.80. The average molecular weight is 403 g/mol. The van der Waals surface area contributed by atoms with Gasteiger partial charge >= 0.3 is 0 Å². The molecule has 1 aliphatic rings. The lowest BCUT2D eigenvalue weighted by atomic mass is 10.2. The van der Waals surface area contributed by atoms with Crippen molar-refractivity contribution in [3.05, 3.63) is 60.2 Å². The number of aryl methyl sites for hydroxylation is 1. The van der Waals surface area contributed by atoms with E-state index in [0.717, 1.165) is 11.2 Å². The first kappa shape index (κ1) is 18.1. The second-order valence-electron chi connectivity index (χ2n) is 7.17. The Bertz CT molecular complexity index is 1180. The number of carbonyl (C=O) groups excluding carboxylic acids is 1. The fourth-order valence-electron chi connectivity index (χ4n) is 3.54. The molecule has 0 saturated carbocycles. The number of anilines is 3. The zero-order valence-electron chi connectivity index (χ0n) is 16.5. The van der Waals surface area contributed by atoms with Crippen LogP contribution in [0.3, 0.4) is 0 Å². The van der Waals surface area contributed by atoms with Gasteiger partial charge in [-0.2, -0.15) is 10.1 Å². The molecule has 10 heteroatoms. The highest BCUT2D eigenvalue weighted by molar-refractivity contribution is 5.94. The summed E-state index contributed by atoms with van der Waals surface area (Å²) in [5.74, 6) is 2.03. The zero-order chi connectivity index (χ0) is 20.5. The summed E-state index contributed by atoms with van der Waals surface area (Å²) in [5.41, 5.74) is 2.49. The maximum Gasteiger partial charge on any atom is 0.254 e. The van der Waals surface area contributed by atoms with Gasteiger partial charge in [-0.15, -0.1) is 5.10 Å². The van der Waals surface area contributed by atoms with E-state index in [0.29, 0.717) is 49.3 Å². The van der Waals surface area contributed by atoms with Gasteiger partial charge in [0.15, 0.2) is 11.6 Å². The van der Waals surface area contributed by atoms with E-state index >= 15 is 0 Å². The van der Waals surface area contributed by atoms with Crippen molar-refractivity contribution in [2.75, 3.05) is 36.4 Å². The Labute approximate surface area is 172 Å². The van der Waals surface area contributed by atoms with Crippen molar-refractivity contribution >= 4 is 29.0 Å². The molecule has 0 spiro atoms. The van der Waals surface area contributed by atoms with Crippen molar-refractivity contribution < 1.29 is 4.79 Å². The van der Waals surface area contributed by atoms with Crippen LogP contribution < -0.4 is 10.2 Å². The van der Waals surface area contributed by atoms with Gasteiger partial charge in [-0.1, -0.05) is 0 Å². The third kappa shape index (κ3) is 3.43. The summed E-state index contributed by atoms with van der Waals surface area (Å²) in [4.78, 5) is 25.3. The second kappa shape index (κ2) is 7.47. The van der Waals surface area contributed by atoms with E-state index in [1.54, 1.807) is 29.0 Å². The maximum atomic E-state index is 12.7. The number of H-pyrrole nitrogens is 1. The molecule has 5 heterocycles. The lowest BCUT2D eigenvalue weighted by Gasteiger charge is -2.34. The van der Waals surface area contributed by atoms with Gasteiger partial charge in [-0.05, 0) is 31.2 Å². The maximum absolute atomic E-state index is 12.7. The molecule has 1 aliphatic heterocycles. The summed E-state index contributed by atoms with van der Waals surface area (Å²) in [6, 6.07) is 9.29. The number of piperazine rings is 1. The quantitative estimate of drug-likeness (QED) is 0.535. The molecule has 5 rings (SSSR count). The largest absolute Gasteiger partial charge is 0.336 e. The van der Waals surface area contributed by atoms with Gasteiger partial charge in [0.05, 0.1) is 0 Å². The molecule has 0 aliphatic carbocycles. The Kier molecular flexibility index (Phi) is 4.51. The standard InChI is InChI=1S/C20H21N9O/c1-14-13-17(25-24-14)22-18-16-3-2-8-29(16)26-20(23-18)28-11-9-27(10-12-28)19(30)15-4-6-21-7-5-15/h2-8,13H,9-12H2,1H3,(H2,22,23,24,25,26). The number of fused-ring (bicyclic) bond motifs is 1. The van der Waals surface area contributed by atoms with Crippen LogP contribution in [0.15, 0.2) is 48.9 Å². The number of hydrogen-bond donors (Lipinski definition) is 2. The van der Waals surface area contributed by atoms with Gasteiger partial charge in [-0.25, -0.2) is 4.52 Å². The molecule has 1 amide bonds. The number of rotatable bonds is 4. The molecule has 1 fully saturated rings. The highest BCUT2D eigenvalue weighted by atomic mass is 16.2. The van der Waals surface area contributed by atoms with Crippen LogP contribution in [0.25, 0.3) is 5.52 Å². The minimum absolute atomic E-state index is 0.0232. The van der Waals surface area contributed by atoms with Crippen LogP contribution >= 0.6 is 0 Å². The van der Waals surface area contributed by atoms with E-state index in [4.69, 9.17) is 4.98 Å². The number of aromatic nitrogens is 6. The summed E-state index contributed by atoms with van der Waals surface area (Å²) >= 11 is 0. The number of carbonyl (C=O) groups is 1. The SMILES string of the molecule is Cc1cc(Nc2nc(N3CCN(C(=O)c4ccncc4)CC3)nn3cccc23)n[nH]1. The molecular formula is C20H21N9O. The molecule has 30 heavy (non-hydrogen) atoms. The molecule has 0 bridgehead atoms. The minimum Gasteiger partial charge on any atom is -0.336 e. The van der Waals surface area contributed by atoms with Gasteiger partial charge in [0.1, 0.15) is 5.52 Å². The van der Waals surface area contributed by atoms with Crippen molar-refractivity contribution in [1.29, 1.82) is 0 Å². The van der Waals surface area contributed by atoms with Crippen molar-refractivity contribution in [1.82, 2.24) is 34.7 Å². The van der Waals surface area contributed by atoms with Crippen molar-refractivity contribution in [3.63, 3.8) is 0 Å². The molecule has 1 saturated heterocycles. The van der Waals surface area contributed by atoms with Crippen molar-refractivity contribution in [2.45, 2.75) is 6.92 Å². The Morgan fingerprint density at radius 1 is 1.13 bits per heavy atom. The number of amides is 1. The third-order valence-electron chi connectivity index (χ3n) is 5.11. The van der Waals surface area contributed by atoms with Crippen LogP contribution in [0.2, 0.25) is 0 Å². The number of nitrogens with zero attached hydrogens (tertiary/aromatic N) is 7. The first-order valence-electron chi connectivity index (χ1n) is 9.76. The van der Waals surface area contributed by atoms with E-state index in [-0.39, 0.29) is 5.91 Å². The minimum atomic E-state index is 0.0232. The van der Waals surface area contributed by atoms with Gasteiger partial charge in [-0.3, -0.25) is 14.9 Å². The fourth-order valence-corrected chi connectivity index (χ4v) is 3.54. The summed E-state index contributed by atoms with van der Waals surface area (Å²) in [5, 5.41) is 15.1. The molecule has 152 valence electrons. The van der Waals surface area contributed by atoms with Gasteiger partial charge in [0, 0.05) is 62.1 Å². The Morgan fingerprint density at radius 3 is 2.67 bits per heavy atom. The lowest BCUT2D eigenvalue weighted by Crippen LogP contribution is -2.49. The van der Waals surface area contributed by atoms with Gasteiger partial charge in [0.25, 0.3) is 5.91 Å². The number of nitrogens with one attached hydrogen (secondary N) is 2. The monoisotopic (exact) mass is 403 g/mol. The zero-order valence-corrected chi connectivity index (χ0v) is 16.5. The van der Waals surface area contributed by atoms with Crippen LogP contribution in [-0.2, 0) is 0 Å². The van der Waals surface area contributed by atoms with Crippen LogP contribution in [0.1, 0.15) is 16.1 Å². The lowest BCUT2D eigenvalue weighted by molar-refractivity contribution is 0.0746. The van der Waals surface area contributed by atoms with Crippen LogP contribution in [-0.4, -0.2) is 66.8 Å². The predicted octanol–water partition coefficient (Wildman–Crippen LogP) is 1.86. The van der Waals surface area contributed by atoms with Crippen molar-refractivity contribution in [2.24, 2.45) is 0 Å². The van der Waals surface area contributed by atoms with Gasteiger partial charge < -0.3 is 15.1 Å². The van der Waals surface area contributed by atoms with Crippen LogP contribution in [0.5, 0.6) is 0 Å². The molecule has 10 nitrogen and oxygen atoms in total. The molecule has 2 N–H and O–H groups in total. The summed E-state index contributed by atoms with van der Waals surface area (Å²) in [6.07, 6.45) is 5.17. The smallest absolute Gasteiger partial charge is 0.254 e. The molecule has 0 unspecified atom stereocenters. The van der Waals surface area contributed by atoms with E-state index in [2.05, 4.69) is 30.5 Å². The van der Waals surface area contributed by atoms with Crippen LogP contribution in [0, 0.1) is 6.92 Å². The molecule has 0 radical (unpaired) electrons. The number of hydrogen-bond acceptors (Lipinski definition) is 7. The average Bonchev–Trinajstić information content (AvgIpc) is 3.43.